The number of carbonyl (C=O) groups excluding carboxylic acids is 2. The number of aromatic nitrogens is 1. The minimum absolute atomic E-state index is 0.0308. The third kappa shape index (κ3) is 4.01. The van der Waals surface area contributed by atoms with Crippen LogP contribution in [0.25, 0.3) is 0 Å². The summed E-state index contributed by atoms with van der Waals surface area (Å²) in [6.07, 6.45) is 1.87. The molecule has 2 rings (SSSR count). The normalized spacial score (nSPS) is 16.5. The molecule has 22 heavy (non-hydrogen) atoms. The van der Waals surface area contributed by atoms with Crippen molar-refractivity contribution in [2.45, 2.75) is 25.4 Å². The highest BCUT2D eigenvalue weighted by Crippen LogP contribution is 2.19. The highest BCUT2D eigenvalue weighted by Gasteiger charge is 2.27. The number of esters is 1. The second kappa shape index (κ2) is 7.65. The maximum Gasteiger partial charge on any atom is 0.354 e. The van der Waals surface area contributed by atoms with Crippen LogP contribution in [0.5, 0.6) is 0 Å². The monoisotopic (exact) mass is 327 g/mol. The molecule has 0 unspecified atom stereocenters. The lowest BCUT2D eigenvalue weighted by atomic mass is 10.0. The van der Waals surface area contributed by atoms with Crippen molar-refractivity contribution >= 4 is 23.5 Å². The number of hydrogen-bond acceptors (Lipinski definition) is 4. The third-order valence-corrected chi connectivity index (χ3v) is 4.28. The van der Waals surface area contributed by atoms with Gasteiger partial charge in [-0.15, -0.1) is 11.6 Å². The van der Waals surface area contributed by atoms with E-state index < -0.39 is 5.97 Å². The molecule has 0 atom stereocenters. The van der Waals surface area contributed by atoms with E-state index >= 15 is 0 Å². The molecule has 1 saturated heterocycles. The lowest BCUT2D eigenvalue weighted by Gasteiger charge is -2.37. The molecular formula is C15H22ClN3O3. The number of amides is 1. The Morgan fingerprint density at radius 2 is 2.09 bits per heavy atom. The molecule has 2 heterocycles. The molecule has 1 aliphatic heterocycles. The molecule has 1 fully saturated rings. The number of H-pyrrole nitrogens is 1. The first-order valence-corrected chi connectivity index (χ1v) is 7.88. The zero-order chi connectivity index (χ0) is 16.1. The predicted molar refractivity (Wildman–Crippen MR) is 83.9 cm³/mol. The lowest BCUT2D eigenvalue weighted by molar-refractivity contribution is -0.132. The van der Waals surface area contributed by atoms with Crippen molar-refractivity contribution in [3.63, 3.8) is 0 Å². The summed E-state index contributed by atoms with van der Waals surface area (Å²) in [7, 11) is 3.42. The SMILES string of the molecule is COC(=O)c1ccc(CN(C(=O)CCl)C2CCN(C)CC2)[nH]1. The number of halogens is 1. The summed E-state index contributed by atoms with van der Waals surface area (Å²) >= 11 is 5.75. The summed E-state index contributed by atoms with van der Waals surface area (Å²) in [6, 6.07) is 3.65. The van der Waals surface area contributed by atoms with Crippen LogP contribution in [0.1, 0.15) is 29.0 Å². The van der Waals surface area contributed by atoms with Gasteiger partial charge < -0.3 is 19.5 Å². The highest BCUT2D eigenvalue weighted by molar-refractivity contribution is 6.27. The fraction of sp³-hybridized carbons (Fsp3) is 0.600. The molecule has 6 nitrogen and oxygen atoms in total. The van der Waals surface area contributed by atoms with E-state index in [9.17, 15) is 9.59 Å². The summed E-state index contributed by atoms with van der Waals surface area (Å²) < 4.78 is 4.67. The number of rotatable bonds is 5. The third-order valence-electron chi connectivity index (χ3n) is 4.06. The van der Waals surface area contributed by atoms with Crippen LogP contribution in [0.15, 0.2) is 12.1 Å². The molecule has 0 saturated carbocycles. The number of piperidine rings is 1. The minimum Gasteiger partial charge on any atom is -0.464 e. The average molecular weight is 328 g/mol. The van der Waals surface area contributed by atoms with Gasteiger partial charge in [-0.1, -0.05) is 0 Å². The van der Waals surface area contributed by atoms with Crippen LogP contribution in [-0.4, -0.2) is 65.8 Å². The zero-order valence-electron chi connectivity index (χ0n) is 13.0. The molecule has 0 radical (unpaired) electrons. The Morgan fingerprint density at radius 3 is 2.68 bits per heavy atom. The van der Waals surface area contributed by atoms with Gasteiger partial charge in [0.2, 0.25) is 5.91 Å². The second-order valence-corrected chi connectivity index (χ2v) is 5.85. The number of carbonyl (C=O) groups is 2. The van der Waals surface area contributed by atoms with Crippen molar-refractivity contribution < 1.29 is 14.3 Å². The summed E-state index contributed by atoms with van der Waals surface area (Å²) in [5.41, 5.74) is 1.19. The molecule has 0 aliphatic carbocycles. The van der Waals surface area contributed by atoms with Gasteiger partial charge in [0.15, 0.2) is 0 Å². The molecule has 0 aromatic carbocycles. The van der Waals surface area contributed by atoms with Crippen LogP contribution in [0.4, 0.5) is 0 Å². The van der Waals surface area contributed by atoms with Crippen LogP contribution in [-0.2, 0) is 16.1 Å². The second-order valence-electron chi connectivity index (χ2n) is 5.58. The molecule has 1 amide bonds. The summed E-state index contributed by atoms with van der Waals surface area (Å²) in [5.74, 6) is -0.525. The van der Waals surface area contributed by atoms with Crippen LogP contribution in [0.3, 0.4) is 0 Å². The summed E-state index contributed by atoms with van der Waals surface area (Å²) in [4.78, 5) is 30.7. The van der Waals surface area contributed by atoms with Crippen molar-refractivity contribution in [2.75, 3.05) is 33.1 Å². The lowest BCUT2D eigenvalue weighted by Crippen LogP contribution is -2.46. The minimum atomic E-state index is -0.416. The number of aromatic amines is 1. The number of hydrogen-bond donors (Lipinski definition) is 1. The Morgan fingerprint density at radius 1 is 1.41 bits per heavy atom. The number of nitrogens with zero attached hydrogens (tertiary/aromatic N) is 2. The van der Waals surface area contributed by atoms with Gasteiger partial charge in [0, 0.05) is 11.7 Å². The molecule has 0 bridgehead atoms. The van der Waals surface area contributed by atoms with Crippen molar-refractivity contribution in [3.8, 4) is 0 Å². The van der Waals surface area contributed by atoms with E-state index in [1.165, 1.54) is 7.11 Å². The van der Waals surface area contributed by atoms with Gasteiger partial charge in [0.05, 0.1) is 13.7 Å². The molecule has 1 aromatic heterocycles. The zero-order valence-corrected chi connectivity index (χ0v) is 13.7. The van der Waals surface area contributed by atoms with Crippen molar-refractivity contribution in [3.05, 3.63) is 23.5 Å². The first-order chi connectivity index (χ1) is 10.5. The maximum atomic E-state index is 12.2. The van der Waals surface area contributed by atoms with E-state index in [0.29, 0.717) is 12.2 Å². The van der Waals surface area contributed by atoms with Crippen LogP contribution >= 0.6 is 11.6 Å². The Hall–Kier alpha value is -1.53. The summed E-state index contributed by atoms with van der Waals surface area (Å²) in [5, 5.41) is 0. The highest BCUT2D eigenvalue weighted by atomic mass is 35.5. The van der Waals surface area contributed by atoms with E-state index in [1.54, 1.807) is 12.1 Å². The molecule has 122 valence electrons. The van der Waals surface area contributed by atoms with E-state index in [-0.39, 0.29) is 17.8 Å². The smallest absolute Gasteiger partial charge is 0.354 e. The Balaban J connectivity index is 2.08. The predicted octanol–water partition coefficient (Wildman–Crippen LogP) is 1.46. The number of methoxy groups -OCH3 is 1. The standard InChI is InChI=1S/C15H22ClN3O3/c1-18-7-5-12(6-8-18)19(14(20)9-16)10-11-3-4-13(17-11)15(21)22-2/h3-4,12,17H,5-10H2,1-2H3. The van der Waals surface area contributed by atoms with E-state index in [0.717, 1.165) is 31.6 Å². The number of ether oxygens (including phenoxy) is 1. The van der Waals surface area contributed by atoms with Gasteiger partial charge in [-0.25, -0.2) is 4.79 Å². The maximum absolute atomic E-state index is 12.2. The van der Waals surface area contributed by atoms with Gasteiger partial charge >= 0.3 is 5.97 Å². The van der Waals surface area contributed by atoms with E-state index in [4.69, 9.17) is 11.6 Å². The molecule has 0 spiro atoms. The quantitative estimate of drug-likeness (QED) is 0.657. The van der Waals surface area contributed by atoms with E-state index in [2.05, 4.69) is 21.7 Å². The Labute approximate surface area is 135 Å². The van der Waals surface area contributed by atoms with Gasteiger partial charge in [-0.2, -0.15) is 0 Å². The van der Waals surface area contributed by atoms with Gasteiger partial charge in [0.1, 0.15) is 11.6 Å². The van der Waals surface area contributed by atoms with Gasteiger partial charge in [-0.05, 0) is 45.1 Å². The Bertz CT molecular complexity index is 524. The van der Waals surface area contributed by atoms with Crippen LogP contribution < -0.4 is 0 Å². The Kier molecular flexibility index (Phi) is 5.85. The number of nitrogens with one attached hydrogen (secondary N) is 1. The topological polar surface area (TPSA) is 65.6 Å². The largest absolute Gasteiger partial charge is 0.464 e. The van der Waals surface area contributed by atoms with Crippen molar-refractivity contribution in [1.82, 2.24) is 14.8 Å². The van der Waals surface area contributed by atoms with Gasteiger partial charge in [0.25, 0.3) is 0 Å². The van der Waals surface area contributed by atoms with Crippen molar-refractivity contribution in [1.29, 1.82) is 0 Å². The van der Waals surface area contributed by atoms with Crippen LogP contribution in [0.2, 0.25) is 0 Å². The molecule has 7 heteroatoms. The first kappa shape index (κ1) is 16.8. The fourth-order valence-corrected chi connectivity index (χ4v) is 2.90. The first-order valence-electron chi connectivity index (χ1n) is 7.35. The number of alkyl halides is 1. The number of likely N-dealkylation sites (tertiary alicyclic amines) is 1. The molecular weight excluding hydrogens is 306 g/mol. The van der Waals surface area contributed by atoms with E-state index in [1.807, 2.05) is 4.90 Å². The molecule has 1 N–H and O–H groups in total. The summed E-state index contributed by atoms with van der Waals surface area (Å²) in [6.45, 7) is 2.36. The fourth-order valence-electron chi connectivity index (χ4n) is 2.75. The van der Waals surface area contributed by atoms with Crippen LogP contribution in [0, 0.1) is 0 Å². The van der Waals surface area contributed by atoms with Crippen molar-refractivity contribution in [2.24, 2.45) is 0 Å². The van der Waals surface area contributed by atoms with Gasteiger partial charge in [-0.3, -0.25) is 4.79 Å². The molecule has 1 aromatic rings. The molecule has 1 aliphatic rings. The average Bonchev–Trinajstić information content (AvgIpc) is 3.01.